The van der Waals surface area contributed by atoms with Gasteiger partial charge in [-0.15, -0.1) is 12.3 Å². The van der Waals surface area contributed by atoms with Crippen LogP contribution in [0.15, 0.2) is 0 Å². The topological polar surface area (TPSA) is 0 Å². The average Bonchev–Trinajstić information content (AvgIpc) is 2.42. The highest BCUT2D eigenvalue weighted by molar-refractivity contribution is 4.82. The summed E-state index contributed by atoms with van der Waals surface area (Å²) in [6, 6.07) is 0. The molecule has 0 saturated heterocycles. The van der Waals surface area contributed by atoms with E-state index in [0.29, 0.717) is 0 Å². The average molecular weight is 264 g/mol. The van der Waals surface area contributed by atoms with Crippen molar-refractivity contribution in [2.24, 2.45) is 5.92 Å². The third-order valence-corrected chi connectivity index (χ3v) is 4.07. The molecular formula is C19H36. The molecule has 0 saturated carbocycles. The maximum absolute atomic E-state index is 5.26. The van der Waals surface area contributed by atoms with Crippen LogP contribution in [0.1, 0.15) is 104 Å². The van der Waals surface area contributed by atoms with Gasteiger partial charge in [-0.2, -0.15) is 0 Å². The summed E-state index contributed by atoms with van der Waals surface area (Å²) in [5, 5.41) is 0. The van der Waals surface area contributed by atoms with Crippen molar-refractivity contribution < 1.29 is 0 Å². The highest BCUT2D eigenvalue weighted by Crippen LogP contribution is 2.17. The Hall–Kier alpha value is -0.440. The molecule has 1 atom stereocenters. The van der Waals surface area contributed by atoms with Gasteiger partial charge in [-0.1, -0.05) is 90.9 Å². The fourth-order valence-electron chi connectivity index (χ4n) is 2.67. The van der Waals surface area contributed by atoms with Gasteiger partial charge in [0.25, 0.3) is 0 Å². The van der Waals surface area contributed by atoms with Gasteiger partial charge in [0, 0.05) is 6.42 Å². The lowest BCUT2D eigenvalue weighted by Crippen LogP contribution is -1.95. The first-order valence-electron chi connectivity index (χ1n) is 8.74. The van der Waals surface area contributed by atoms with Crippen LogP contribution in [0.4, 0.5) is 0 Å². The van der Waals surface area contributed by atoms with E-state index in [1.165, 1.54) is 83.5 Å². The second kappa shape index (κ2) is 15.6. The Bertz CT molecular complexity index is 199. The van der Waals surface area contributed by atoms with Crippen molar-refractivity contribution in [1.82, 2.24) is 0 Å². The van der Waals surface area contributed by atoms with Gasteiger partial charge >= 0.3 is 0 Å². The maximum Gasteiger partial charge on any atom is 0.00860 e. The minimum Gasteiger partial charge on any atom is -0.120 e. The van der Waals surface area contributed by atoms with E-state index in [1.54, 1.807) is 0 Å². The van der Waals surface area contributed by atoms with Gasteiger partial charge in [-0.05, 0) is 12.3 Å². The molecule has 112 valence electrons. The zero-order chi connectivity index (χ0) is 14.2. The molecule has 1 unspecified atom stereocenters. The Morgan fingerprint density at radius 3 is 1.74 bits per heavy atom. The SMILES string of the molecule is C#CCCCCC(C)CCCCCCCCCCC. The molecule has 0 fully saturated rings. The van der Waals surface area contributed by atoms with Crippen LogP contribution < -0.4 is 0 Å². The van der Waals surface area contributed by atoms with E-state index in [0.717, 1.165) is 12.3 Å². The summed E-state index contributed by atoms with van der Waals surface area (Å²) < 4.78 is 0. The Morgan fingerprint density at radius 2 is 1.21 bits per heavy atom. The van der Waals surface area contributed by atoms with E-state index in [-0.39, 0.29) is 0 Å². The van der Waals surface area contributed by atoms with Gasteiger partial charge in [0.2, 0.25) is 0 Å². The number of unbranched alkanes of at least 4 members (excludes halogenated alkanes) is 10. The molecule has 0 heterocycles. The minimum atomic E-state index is 0.905. The van der Waals surface area contributed by atoms with Gasteiger partial charge in [0.15, 0.2) is 0 Å². The quantitative estimate of drug-likeness (QED) is 0.241. The highest BCUT2D eigenvalue weighted by Gasteiger charge is 2.01. The molecule has 0 aliphatic rings. The molecule has 0 bridgehead atoms. The fraction of sp³-hybridized carbons (Fsp3) is 0.895. The molecule has 0 aromatic carbocycles. The molecule has 0 aromatic heterocycles. The Kier molecular flexibility index (Phi) is 15.3. The van der Waals surface area contributed by atoms with E-state index in [2.05, 4.69) is 19.8 Å². The van der Waals surface area contributed by atoms with Crippen molar-refractivity contribution >= 4 is 0 Å². The lowest BCUT2D eigenvalue weighted by Gasteiger charge is -2.10. The van der Waals surface area contributed by atoms with E-state index >= 15 is 0 Å². The molecule has 0 aliphatic heterocycles. The first kappa shape index (κ1) is 18.6. The largest absolute Gasteiger partial charge is 0.120 e. The van der Waals surface area contributed by atoms with Crippen LogP contribution in [0.5, 0.6) is 0 Å². The maximum atomic E-state index is 5.26. The van der Waals surface area contributed by atoms with Crippen LogP contribution in [0.2, 0.25) is 0 Å². The van der Waals surface area contributed by atoms with Crippen molar-refractivity contribution in [3.63, 3.8) is 0 Å². The van der Waals surface area contributed by atoms with Crippen LogP contribution in [-0.2, 0) is 0 Å². The minimum absolute atomic E-state index is 0.905. The number of hydrogen-bond acceptors (Lipinski definition) is 0. The molecule has 0 nitrogen and oxygen atoms in total. The fourth-order valence-corrected chi connectivity index (χ4v) is 2.67. The summed E-state index contributed by atoms with van der Waals surface area (Å²) in [5.74, 6) is 3.63. The Morgan fingerprint density at radius 1 is 0.737 bits per heavy atom. The second-order valence-electron chi connectivity index (χ2n) is 6.17. The monoisotopic (exact) mass is 264 g/mol. The molecule has 19 heavy (non-hydrogen) atoms. The summed E-state index contributed by atoms with van der Waals surface area (Å²) in [6.07, 6.45) is 24.5. The predicted octanol–water partition coefficient (Wildman–Crippen LogP) is 6.74. The Labute approximate surface area is 122 Å². The van der Waals surface area contributed by atoms with Gasteiger partial charge in [0.05, 0.1) is 0 Å². The van der Waals surface area contributed by atoms with Gasteiger partial charge in [-0.25, -0.2) is 0 Å². The van der Waals surface area contributed by atoms with E-state index in [1.807, 2.05) is 0 Å². The van der Waals surface area contributed by atoms with Crippen LogP contribution in [-0.4, -0.2) is 0 Å². The standard InChI is InChI=1S/C19H36/c1-4-6-8-10-11-12-13-14-16-18-19(3)17-15-9-7-5-2/h2,19H,4,6-18H2,1,3H3. The normalized spacial score (nSPS) is 12.3. The van der Waals surface area contributed by atoms with Crippen LogP contribution in [0.25, 0.3) is 0 Å². The second-order valence-corrected chi connectivity index (χ2v) is 6.17. The summed E-state index contributed by atoms with van der Waals surface area (Å²) in [7, 11) is 0. The molecule has 0 aliphatic carbocycles. The molecule has 0 amide bonds. The first-order chi connectivity index (χ1) is 9.31. The molecule has 0 N–H and O–H groups in total. The van der Waals surface area contributed by atoms with Crippen LogP contribution >= 0.6 is 0 Å². The third kappa shape index (κ3) is 15.5. The van der Waals surface area contributed by atoms with Crippen molar-refractivity contribution in [2.45, 2.75) is 104 Å². The number of rotatable bonds is 14. The molecule has 0 rings (SSSR count). The van der Waals surface area contributed by atoms with Crippen molar-refractivity contribution in [2.75, 3.05) is 0 Å². The summed E-state index contributed by atoms with van der Waals surface area (Å²) in [6.45, 7) is 4.69. The van der Waals surface area contributed by atoms with Crippen molar-refractivity contribution in [3.05, 3.63) is 0 Å². The molecule has 0 spiro atoms. The van der Waals surface area contributed by atoms with E-state index < -0.39 is 0 Å². The van der Waals surface area contributed by atoms with Crippen molar-refractivity contribution in [1.29, 1.82) is 0 Å². The highest BCUT2D eigenvalue weighted by atomic mass is 14.1. The van der Waals surface area contributed by atoms with Gasteiger partial charge in [0.1, 0.15) is 0 Å². The van der Waals surface area contributed by atoms with E-state index in [4.69, 9.17) is 6.42 Å². The summed E-state index contributed by atoms with van der Waals surface area (Å²) in [5.41, 5.74) is 0. The zero-order valence-corrected chi connectivity index (χ0v) is 13.6. The van der Waals surface area contributed by atoms with Gasteiger partial charge < -0.3 is 0 Å². The van der Waals surface area contributed by atoms with E-state index in [9.17, 15) is 0 Å². The molecular weight excluding hydrogens is 228 g/mol. The number of hydrogen-bond donors (Lipinski definition) is 0. The van der Waals surface area contributed by atoms with Crippen molar-refractivity contribution in [3.8, 4) is 12.3 Å². The lowest BCUT2D eigenvalue weighted by molar-refractivity contribution is 0.438. The summed E-state index contributed by atoms with van der Waals surface area (Å²) in [4.78, 5) is 0. The number of terminal acetylenes is 1. The predicted molar refractivity (Wildman–Crippen MR) is 88.3 cm³/mol. The Balaban J connectivity index is 3.10. The van der Waals surface area contributed by atoms with Gasteiger partial charge in [-0.3, -0.25) is 0 Å². The summed E-state index contributed by atoms with van der Waals surface area (Å²) >= 11 is 0. The molecule has 0 heteroatoms. The smallest absolute Gasteiger partial charge is 0.00860 e. The lowest BCUT2D eigenvalue weighted by atomic mass is 9.96. The third-order valence-electron chi connectivity index (χ3n) is 4.07. The molecule has 0 radical (unpaired) electrons. The zero-order valence-electron chi connectivity index (χ0n) is 13.6. The molecule has 0 aromatic rings. The van der Waals surface area contributed by atoms with Crippen LogP contribution in [0, 0.1) is 18.3 Å². The van der Waals surface area contributed by atoms with Crippen LogP contribution in [0.3, 0.4) is 0 Å². The first-order valence-corrected chi connectivity index (χ1v) is 8.74.